The minimum atomic E-state index is 0.306. The van der Waals surface area contributed by atoms with Gasteiger partial charge >= 0.3 is 7.69 Å². The summed E-state index contributed by atoms with van der Waals surface area (Å²) < 4.78 is 10.3. The van der Waals surface area contributed by atoms with Crippen LogP contribution in [0.4, 0.5) is 0 Å². The van der Waals surface area contributed by atoms with Gasteiger partial charge in [0.2, 0.25) is 0 Å². The first-order chi connectivity index (χ1) is 6.42. The van der Waals surface area contributed by atoms with Gasteiger partial charge in [0.25, 0.3) is 0 Å². The van der Waals surface area contributed by atoms with E-state index in [1.807, 2.05) is 24.3 Å². The summed E-state index contributed by atoms with van der Waals surface area (Å²) in [6.07, 6.45) is 3.43. The molecule has 1 heterocycles. The maximum Gasteiger partial charge on any atom is 0.576 e. The lowest BCUT2D eigenvalue weighted by Gasteiger charge is -2.05. The Morgan fingerprint density at radius 1 is 1.31 bits per heavy atom. The van der Waals surface area contributed by atoms with E-state index in [-0.39, 0.29) is 0 Å². The van der Waals surface area contributed by atoms with E-state index >= 15 is 0 Å². The summed E-state index contributed by atoms with van der Waals surface area (Å²) in [6, 6.07) is 7.91. The Morgan fingerprint density at radius 2 is 2.15 bits per heavy atom. The van der Waals surface area contributed by atoms with E-state index in [1.165, 1.54) is 0 Å². The molecular formula is C10H9BO2. The van der Waals surface area contributed by atoms with Crippen LogP contribution in [0.25, 0.3) is 11.8 Å². The van der Waals surface area contributed by atoms with Gasteiger partial charge in [-0.2, -0.15) is 0 Å². The maximum atomic E-state index is 5.27. The predicted molar refractivity (Wildman–Crippen MR) is 53.8 cm³/mol. The third kappa shape index (κ3) is 1.45. The molecule has 0 aromatic heterocycles. The molecule has 0 fully saturated rings. The highest BCUT2D eigenvalue weighted by Crippen LogP contribution is 2.23. The van der Waals surface area contributed by atoms with Crippen molar-refractivity contribution in [2.24, 2.45) is 0 Å². The fourth-order valence-corrected chi connectivity index (χ4v) is 1.28. The highest BCUT2D eigenvalue weighted by Gasteiger charge is 2.12. The Hall–Kier alpha value is -1.64. The molecule has 0 radical (unpaired) electrons. The standard InChI is InChI=1S/C10H9BO2/c1-2-8-5-3-4-6-9(8)10-7-12-11-13-10/h2-7,11H,1H2. The average molecular weight is 172 g/mol. The van der Waals surface area contributed by atoms with E-state index in [4.69, 9.17) is 9.31 Å². The molecule has 1 aromatic rings. The van der Waals surface area contributed by atoms with E-state index < -0.39 is 0 Å². The Kier molecular flexibility index (Phi) is 2.09. The van der Waals surface area contributed by atoms with Crippen molar-refractivity contribution in [3.8, 4) is 0 Å². The van der Waals surface area contributed by atoms with Crippen LogP contribution in [-0.4, -0.2) is 7.69 Å². The molecule has 0 amide bonds. The lowest BCUT2D eigenvalue weighted by Crippen LogP contribution is -1.91. The van der Waals surface area contributed by atoms with Gasteiger partial charge in [0.05, 0.1) is 0 Å². The smallest absolute Gasteiger partial charge is 0.531 e. The summed E-state index contributed by atoms with van der Waals surface area (Å²) in [7, 11) is 0.306. The van der Waals surface area contributed by atoms with Gasteiger partial charge in [-0.1, -0.05) is 36.9 Å². The molecule has 13 heavy (non-hydrogen) atoms. The van der Waals surface area contributed by atoms with Crippen LogP contribution in [0.5, 0.6) is 0 Å². The third-order valence-electron chi connectivity index (χ3n) is 1.92. The zero-order valence-electron chi connectivity index (χ0n) is 7.19. The average Bonchev–Trinajstić information content (AvgIpc) is 2.70. The van der Waals surface area contributed by atoms with E-state index in [9.17, 15) is 0 Å². The summed E-state index contributed by atoms with van der Waals surface area (Å²) >= 11 is 0. The van der Waals surface area contributed by atoms with E-state index in [2.05, 4.69) is 6.58 Å². The van der Waals surface area contributed by atoms with Crippen molar-refractivity contribution in [1.29, 1.82) is 0 Å². The largest absolute Gasteiger partial charge is 0.576 e. The molecule has 0 atom stereocenters. The Bertz CT molecular complexity index is 358. The SMILES string of the molecule is C=Cc1ccccc1C1=COBO1. The second-order valence-corrected chi connectivity index (χ2v) is 2.70. The third-order valence-corrected chi connectivity index (χ3v) is 1.92. The zero-order valence-corrected chi connectivity index (χ0v) is 7.19. The lowest BCUT2D eigenvalue weighted by atomic mass is 10.1. The molecule has 0 unspecified atom stereocenters. The Morgan fingerprint density at radius 3 is 2.85 bits per heavy atom. The van der Waals surface area contributed by atoms with Crippen molar-refractivity contribution in [3.05, 3.63) is 48.2 Å². The van der Waals surface area contributed by atoms with Crippen LogP contribution >= 0.6 is 0 Å². The molecule has 0 aliphatic carbocycles. The van der Waals surface area contributed by atoms with Gasteiger partial charge in [-0.3, -0.25) is 0 Å². The first-order valence-corrected chi connectivity index (χ1v) is 4.08. The fourth-order valence-electron chi connectivity index (χ4n) is 1.28. The molecule has 1 aliphatic heterocycles. The summed E-state index contributed by atoms with van der Waals surface area (Å²) in [5.74, 6) is 0.774. The highest BCUT2D eigenvalue weighted by molar-refractivity contribution is 6.22. The molecule has 64 valence electrons. The second-order valence-electron chi connectivity index (χ2n) is 2.70. The van der Waals surface area contributed by atoms with Gasteiger partial charge < -0.3 is 9.31 Å². The van der Waals surface area contributed by atoms with Crippen LogP contribution in [0.2, 0.25) is 0 Å². The topological polar surface area (TPSA) is 18.5 Å². The maximum absolute atomic E-state index is 5.27. The summed E-state index contributed by atoms with van der Waals surface area (Å²) in [6.45, 7) is 3.74. The molecule has 0 N–H and O–H groups in total. The number of rotatable bonds is 2. The molecule has 0 saturated carbocycles. The second kappa shape index (κ2) is 3.39. The van der Waals surface area contributed by atoms with E-state index in [0.717, 1.165) is 16.9 Å². The van der Waals surface area contributed by atoms with Crippen molar-refractivity contribution in [2.45, 2.75) is 0 Å². The molecule has 0 bridgehead atoms. The van der Waals surface area contributed by atoms with E-state index in [0.29, 0.717) is 7.69 Å². The van der Waals surface area contributed by atoms with Gasteiger partial charge in [0.15, 0.2) is 0 Å². The minimum absolute atomic E-state index is 0.306. The molecule has 0 saturated heterocycles. The number of benzene rings is 1. The molecule has 1 aromatic carbocycles. The normalized spacial score (nSPS) is 13.7. The quantitative estimate of drug-likeness (QED) is 0.634. The Labute approximate surface area is 77.8 Å². The van der Waals surface area contributed by atoms with Crippen LogP contribution in [-0.2, 0) is 9.31 Å². The van der Waals surface area contributed by atoms with Crippen LogP contribution in [0, 0.1) is 0 Å². The van der Waals surface area contributed by atoms with Gasteiger partial charge in [-0.15, -0.1) is 0 Å². The summed E-state index contributed by atoms with van der Waals surface area (Å²) in [5, 5.41) is 0. The van der Waals surface area contributed by atoms with E-state index in [1.54, 1.807) is 12.3 Å². The van der Waals surface area contributed by atoms with Gasteiger partial charge in [-0.25, -0.2) is 0 Å². The fraction of sp³-hybridized carbons (Fsp3) is 0. The molecule has 2 rings (SSSR count). The summed E-state index contributed by atoms with van der Waals surface area (Å²) in [5.41, 5.74) is 2.08. The van der Waals surface area contributed by atoms with Gasteiger partial charge in [0.1, 0.15) is 12.0 Å². The van der Waals surface area contributed by atoms with Crippen LogP contribution < -0.4 is 0 Å². The monoisotopic (exact) mass is 172 g/mol. The van der Waals surface area contributed by atoms with Crippen molar-refractivity contribution in [1.82, 2.24) is 0 Å². The molecule has 3 heteroatoms. The molecular weight excluding hydrogens is 163 g/mol. The first-order valence-electron chi connectivity index (χ1n) is 4.08. The van der Waals surface area contributed by atoms with Crippen molar-refractivity contribution < 1.29 is 9.31 Å². The van der Waals surface area contributed by atoms with Gasteiger partial charge in [0, 0.05) is 5.56 Å². The van der Waals surface area contributed by atoms with Crippen LogP contribution in [0.3, 0.4) is 0 Å². The van der Waals surface area contributed by atoms with Crippen LogP contribution in [0.1, 0.15) is 11.1 Å². The first kappa shape index (κ1) is 7.99. The van der Waals surface area contributed by atoms with Gasteiger partial charge in [-0.05, 0) is 5.56 Å². The molecule has 2 nitrogen and oxygen atoms in total. The molecule has 0 spiro atoms. The van der Waals surface area contributed by atoms with Crippen molar-refractivity contribution in [2.75, 3.05) is 0 Å². The highest BCUT2D eigenvalue weighted by atomic mass is 16.6. The minimum Gasteiger partial charge on any atom is -0.531 e. The molecule has 1 aliphatic rings. The zero-order chi connectivity index (χ0) is 9.10. The lowest BCUT2D eigenvalue weighted by molar-refractivity contribution is 0.454. The van der Waals surface area contributed by atoms with Crippen molar-refractivity contribution >= 4 is 19.5 Å². The Balaban J connectivity index is 2.43. The van der Waals surface area contributed by atoms with Crippen LogP contribution in [0.15, 0.2) is 37.1 Å². The summed E-state index contributed by atoms with van der Waals surface area (Å²) in [4.78, 5) is 0. The number of hydrogen-bond acceptors (Lipinski definition) is 2. The van der Waals surface area contributed by atoms with Crippen molar-refractivity contribution in [3.63, 3.8) is 0 Å². The number of hydrogen-bond donors (Lipinski definition) is 0. The predicted octanol–water partition coefficient (Wildman–Crippen LogP) is 1.94.